The molecule has 0 aliphatic rings. The Hall–Kier alpha value is -3.98. The number of aromatic nitrogens is 7. The molecule has 0 N–H and O–H groups in total. The lowest BCUT2D eigenvalue weighted by molar-refractivity contribution is 0.795. The van der Waals surface area contributed by atoms with Crippen molar-refractivity contribution in [2.24, 2.45) is 21.1 Å². The minimum absolute atomic E-state index is 0.0472. The molecule has 0 aliphatic heterocycles. The smallest absolute Gasteiger partial charge is 0.328 e. The average molecular weight is 456 g/mol. The molecular weight excluding hydrogens is 434 g/mol. The van der Waals surface area contributed by atoms with E-state index >= 15 is 0 Å². The number of hydrogen-bond donors (Lipinski definition) is 0. The maximum Gasteiger partial charge on any atom is 0.328 e. The van der Waals surface area contributed by atoms with Crippen LogP contribution < -0.4 is 5.69 Å². The van der Waals surface area contributed by atoms with E-state index in [-0.39, 0.29) is 5.69 Å². The number of rotatable bonds is 3. The Morgan fingerprint density at radius 3 is 2.42 bits per heavy atom. The van der Waals surface area contributed by atoms with Crippen LogP contribution in [-0.2, 0) is 21.1 Å². The Labute approximate surface area is 193 Å². The van der Waals surface area contributed by atoms with E-state index in [0.717, 1.165) is 54.7 Å². The van der Waals surface area contributed by atoms with E-state index in [0.29, 0.717) is 0 Å². The molecule has 9 heteroatoms. The predicted octanol–water partition coefficient (Wildman–Crippen LogP) is 4.05. The number of fused-ring (bicyclic) bond motifs is 2. The molecule has 0 aliphatic carbocycles. The predicted molar refractivity (Wildman–Crippen MR) is 131 cm³/mol. The molecule has 0 atom stereocenters. The second-order valence-corrected chi connectivity index (χ2v) is 9.42. The van der Waals surface area contributed by atoms with Crippen LogP contribution >= 0.6 is 11.3 Å². The monoisotopic (exact) mass is 455 g/mol. The highest BCUT2D eigenvalue weighted by atomic mass is 32.1. The molecule has 8 nitrogen and oxygen atoms in total. The lowest BCUT2D eigenvalue weighted by Crippen LogP contribution is -2.19. The van der Waals surface area contributed by atoms with Gasteiger partial charge in [0.2, 0.25) is 0 Å². The highest BCUT2D eigenvalue weighted by molar-refractivity contribution is 7.15. The van der Waals surface area contributed by atoms with Gasteiger partial charge in [0, 0.05) is 33.0 Å². The van der Waals surface area contributed by atoms with Crippen LogP contribution in [0.2, 0.25) is 0 Å². The Bertz CT molecular complexity index is 1740. The zero-order valence-electron chi connectivity index (χ0n) is 18.6. The average Bonchev–Trinajstić information content (AvgIpc) is 3.57. The first-order valence-electron chi connectivity index (χ1n) is 10.5. The van der Waals surface area contributed by atoms with E-state index in [1.807, 2.05) is 49.1 Å². The van der Waals surface area contributed by atoms with Crippen LogP contribution in [0.15, 0.2) is 59.9 Å². The summed E-state index contributed by atoms with van der Waals surface area (Å²) in [6, 6.07) is 12.4. The molecule has 0 radical (unpaired) electrons. The summed E-state index contributed by atoms with van der Waals surface area (Å²) in [5, 5.41) is 1.04. The van der Waals surface area contributed by atoms with Gasteiger partial charge in [0.15, 0.2) is 5.82 Å². The Morgan fingerprint density at radius 1 is 0.909 bits per heavy atom. The number of thiazole rings is 1. The van der Waals surface area contributed by atoms with Gasteiger partial charge < -0.3 is 4.57 Å². The Morgan fingerprint density at radius 2 is 1.70 bits per heavy atom. The Kier molecular flexibility index (Phi) is 4.18. The molecule has 0 fully saturated rings. The summed E-state index contributed by atoms with van der Waals surface area (Å²) in [5.74, 6) is 0.794. The molecule has 0 unspecified atom stereocenters. The van der Waals surface area contributed by atoms with E-state index in [1.165, 1.54) is 0 Å². The van der Waals surface area contributed by atoms with Crippen molar-refractivity contribution in [3.05, 3.63) is 70.6 Å². The van der Waals surface area contributed by atoms with Crippen molar-refractivity contribution >= 4 is 33.4 Å². The highest BCUT2D eigenvalue weighted by Gasteiger charge is 2.19. The van der Waals surface area contributed by atoms with Gasteiger partial charge in [-0.3, -0.25) is 13.7 Å². The van der Waals surface area contributed by atoms with E-state index in [9.17, 15) is 4.79 Å². The molecule has 4 heterocycles. The second-order valence-electron chi connectivity index (χ2n) is 8.18. The number of imidazole rings is 3. The molecule has 4 aromatic heterocycles. The summed E-state index contributed by atoms with van der Waals surface area (Å²) in [7, 11) is 5.55. The first-order valence-corrected chi connectivity index (χ1v) is 11.3. The van der Waals surface area contributed by atoms with Gasteiger partial charge >= 0.3 is 5.69 Å². The minimum atomic E-state index is -0.0472. The van der Waals surface area contributed by atoms with Crippen molar-refractivity contribution in [3.8, 4) is 27.6 Å². The molecule has 0 saturated heterocycles. The van der Waals surface area contributed by atoms with Gasteiger partial charge in [-0.2, -0.15) is 0 Å². The van der Waals surface area contributed by atoms with Crippen LogP contribution in [-0.4, -0.2) is 33.2 Å². The first kappa shape index (κ1) is 19.7. The van der Waals surface area contributed by atoms with Gasteiger partial charge in [-0.15, -0.1) is 11.3 Å². The number of hydrogen-bond acceptors (Lipinski definition) is 5. The molecule has 6 rings (SSSR count). The fraction of sp³-hybridized carbons (Fsp3) is 0.167. The zero-order chi connectivity index (χ0) is 22.9. The molecule has 0 bridgehead atoms. The molecular formula is C24H21N7OS. The summed E-state index contributed by atoms with van der Waals surface area (Å²) in [5.41, 5.74) is 6.51. The lowest BCUT2D eigenvalue weighted by atomic mass is 10.1. The third-order valence-electron chi connectivity index (χ3n) is 6.12. The van der Waals surface area contributed by atoms with E-state index in [2.05, 4.69) is 32.7 Å². The number of benzene rings is 2. The molecule has 0 amide bonds. The van der Waals surface area contributed by atoms with E-state index < -0.39 is 0 Å². The molecule has 0 spiro atoms. The van der Waals surface area contributed by atoms with Crippen molar-refractivity contribution in [1.29, 1.82) is 0 Å². The topological polar surface area (TPSA) is 75.5 Å². The second kappa shape index (κ2) is 7.01. The summed E-state index contributed by atoms with van der Waals surface area (Å²) >= 11 is 1.67. The number of nitrogens with zero attached hydrogens (tertiary/aromatic N) is 7. The number of aryl methyl sites for hydroxylation is 4. The third-order valence-corrected chi connectivity index (χ3v) is 7.08. The van der Waals surface area contributed by atoms with Crippen LogP contribution in [0.5, 0.6) is 0 Å². The van der Waals surface area contributed by atoms with E-state index in [4.69, 9.17) is 4.98 Å². The summed E-state index contributed by atoms with van der Waals surface area (Å²) < 4.78 is 7.43. The van der Waals surface area contributed by atoms with Gasteiger partial charge in [-0.1, -0.05) is 6.07 Å². The normalized spacial score (nSPS) is 11.8. The lowest BCUT2D eigenvalue weighted by Gasteiger charge is -2.11. The quantitative estimate of drug-likeness (QED) is 0.404. The maximum absolute atomic E-state index is 12.5. The molecule has 0 saturated carbocycles. The summed E-state index contributed by atoms with van der Waals surface area (Å²) in [4.78, 5) is 27.3. The molecule has 2 aromatic carbocycles. The largest absolute Gasteiger partial charge is 0.331 e. The fourth-order valence-corrected chi connectivity index (χ4v) is 5.14. The molecule has 6 aromatic rings. The van der Waals surface area contributed by atoms with Crippen molar-refractivity contribution in [1.82, 2.24) is 33.2 Å². The van der Waals surface area contributed by atoms with Crippen LogP contribution in [0.3, 0.4) is 0 Å². The third kappa shape index (κ3) is 2.89. The van der Waals surface area contributed by atoms with Gasteiger partial charge in [0.05, 0.1) is 44.5 Å². The summed E-state index contributed by atoms with van der Waals surface area (Å²) in [6.45, 7) is 2.01. The van der Waals surface area contributed by atoms with Crippen LogP contribution in [0.1, 0.15) is 5.01 Å². The minimum Gasteiger partial charge on any atom is -0.331 e. The fourth-order valence-electron chi connectivity index (χ4n) is 4.37. The zero-order valence-corrected chi connectivity index (χ0v) is 19.5. The molecule has 164 valence electrons. The van der Waals surface area contributed by atoms with Crippen LogP contribution in [0.4, 0.5) is 0 Å². The summed E-state index contributed by atoms with van der Waals surface area (Å²) in [6.07, 6.45) is 5.50. The molecule has 33 heavy (non-hydrogen) atoms. The maximum atomic E-state index is 12.5. The van der Waals surface area contributed by atoms with Gasteiger partial charge in [0.25, 0.3) is 0 Å². The van der Waals surface area contributed by atoms with Gasteiger partial charge in [-0.25, -0.2) is 19.7 Å². The van der Waals surface area contributed by atoms with Crippen LogP contribution in [0.25, 0.3) is 49.7 Å². The van der Waals surface area contributed by atoms with Gasteiger partial charge in [0.1, 0.15) is 5.69 Å². The van der Waals surface area contributed by atoms with E-state index in [1.54, 1.807) is 40.9 Å². The van der Waals surface area contributed by atoms with Gasteiger partial charge in [-0.05, 0) is 42.8 Å². The van der Waals surface area contributed by atoms with Crippen molar-refractivity contribution in [2.75, 3.05) is 0 Å². The van der Waals surface area contributed by atoms with Crippen molar-refractivity contribution < 1.29 is 0 Å². The van der Waals surface area contributed by atoms with Crippen molar-refractivity contribution in [3.63, 3.8) is 0 Å². The SMILES string of the molecule is Cc1ncc(-c2ccc3c(c2)nc(-c2cncn2C)n3-c2ccc3c(c2)n(C)c(=O)n3C)s1. The highest BCUT2D eigenvalue weighted by Crippen LogP contribution is 2.33. The standard InChI is InChI=1S/C24H21N7OS/c1-14-26-12-22(33-14)15-5-7-18-17(9-15)27-23(21-11-25-13-28(21)2)31(18)16-6-8-19-20(10-16)30(4)24(32)29(19)3/h5-13H,1-4H3. The van der Waals surface area contributed by atoms with Crippen LogP contribution in [0, 0.1) is 6.92 Å². The Balaban J connectivity index is 1.64. The first-order chi connectivity index (χ1) is 15.9. The van der Waals surface area contributed by atoms with Crippen molar-refractivity contribution in [2.45, 2.75) is 6.92 Å².